The molecule has 0 radical (unpaired) electrons. The molecule has 37 heavy (non-hydrogen) atoms. The number of thiocarbonyl (C=S) groups is 1. The number of carbonyl (C=O) groups excluding carboxylic acids is 1. The van der Waals surface area contributed by atoms with Crippen molar-refractivity contribution >= 4 is 79.2 Å². The summed E-state index contributed by atoms with van der Waals surface area (Å²) in [5.74, 6) is 1.14. The first-order valence-electron chi connectivity index (χ1n) is 10.6. The van der Waals surface area contributed by atoms with Crippen molar-refractivity contribution in [3.05, 3.63) is 90.2 Å². The van der Waals surface area contributed by atoms with Crippen molar-refractivity contribution in [1.82, 2.24) is 0 Å². The normalized spacial score (nSPS) is 14.3. The average Bonchev–Trinajstić information content (AvgIpc) is 3.16. The second-order valence-electron chi connectivity index (χ2n) is 7.57. The zero-order valence-electron chi connectivity index (χ0n) is 19.4. The Morgan fingerprint density at radius 2 is 1.78 bits per heavy atom. The lowest BCUT2D eigenvalue weighted by atomic mass is 10.1. The predicted octanol–water partition coefficient (Wildman–Crippen LogP) is 7.01. The van der Waals surface area contributed by atoms with Gasteiger partial charge in [-0.3, -0.25) is 19.8 Å². The fraction of sp³-hybridized carbons (Fsp3) is 0.120. The third kappa shape index (κ3) is 5.90. The SMILES string of the molecule is COc1ccc(N2C(=O)/C(=C\c3cc(OC)c(OCc4ccc([N+](=O)[O-])cc4)cc3Br)SC2=S)cc1Cl. The molecule has 1 amide bonds. The Labute approximate surface area is 235 Å². The zero-order valence-corrected chi connectivity index (χ0v) is 23.4. The van der Waals surface area contributed by atoms with Gasteiger partial charge in [0, 0.05) is 16.6 Å². The van der Waals surface area contributed by atoms with Crippen LogP contribution < -0.4 is 19.1 Å². The van der Waals surface area contributed by atoms with Gasteiger partial charge >= 0.3 is 0 Å². The van der Waals surface area contributed by atoms with Crippen LogP contribution >= 0.6 is 51.5 Å². The van der Waals surface area contributed by atoms with Crippen molar-refractivity contribution in [3.8, 4) is 17.2 Å². The average molecular weight is 622 g/mol. The predicted molar refractivity (Wildman–Crippen MR) is 152 cm³/mol. The maximum absolute atomic E-state index is 13.2. The van der Waals surface area contributed by atoms with Crippen LogP contribution in [0.2, 0.25) is 5.02 Å². The van der Waals surface area contributed by atoms with Gasteiger partial charge in [-0.05, 0) is 59.7 Å². The van der Waals surface area contributed by atoms with Gasteiger partial charge in [-0.25, -0.2) is 0 Å². The molecule has 0 bridgehead atoms. The second-order valence-corrected chi connectivity index (χ2v) is 10.5. The molecule has 0 N–H and O–H groups in total. The number of hydrogen-bond acceptors (Lipinski definition) is 8. The lowest BCUT2D eigenvalue weighted by Crippen LogP contribution is -2.27. The number of hydrogen-bond donors (Lipinski definition) is 0. The number of anilines is 1. The molecule has 12 heteroatoms. The molecule has 1 aliphatic heterocycles. The summed E-state index contributed by atoms with van der Waals surface area (Å²) < 4.78 is 17.6. The van der Waals surface area contributed by atoms with Crippen LogP contribution in [-0.4, -0.2) is 29.4 Å². The summed E-state index contributed by atoms with van der Waals surface area (Å²) in [6.07, 6.45) is 1.72. The minimum atomic E-state index is -0.455. The first-order valence-corrected chi connectivity index (χ1v) is 13.0. The molecule has 8 nitrogen and oxygen atoms in total. The Hall–Kier alpha value is -3.12. The molecule has 1 saturated heterocycles. The van der Waals surface area contributed by atoms with Gasteiger partial charge < -0.3 is 14.2 Å². The summed E-state index contributed by atoms with van der Waals surface area (Å²) >= 11 is 16.4. The van der Waals surface area contributed by atoms with E-state index >= 15 is 0 Å². The van der Waals surface area contributed by atoms with Crippen LogP contribution in [0.5, 0.6) is 17.2 Å². The van der Waals surface area contributed by atoms with Gasteiger partial charge in [0.15, 0.2) is 15.8 Å². The van der Waals surface area contributed by atoms with Crippen LogP contribution in [0.25, 0.3) is 6.08 Å². The highest BCUT2D eigenvalue weighted by Crippen LogP contribution is 2.41. The molecule has 0 aliphatic carbocycles. The number of ether oxygens (including phenoxy) is 3. The molecule has 0 atom stereocenters. The number of rotatable bonds is 8. The molecule has 3 aromatic rings. The van der Waals surface area contributed by atoms with Crippen LogP contribution in [0.1, 0.15) is 11.1 Å². The van der Waals surface area contributed by atoms with Gasteiger partial charge in [0.1, 0.15) is 12.4 Å². The summed E-state index contributed by atoms with van der Waals surface area (Å²) in [6, 6.07) is 14.6. The number of amides is 1. The van der Waals surface area contributed by atoms with E-state index in [2.05, 4.69) is 15.9 Å². The molecule has 3 aromatic carbocycles. The quantitative estimate of drug-likeness (QED) is 0.115. The minimum absolute atomic E-state index is 0.00827. The molecule has 1 heterocycles. The van der Waals surface area contributed by atoms with E-state index in [4.69, 9.17) is 38.0 Å². The largest absolute Gasteiger partial charge is 0.495 e. The maximum atomic E-state index is 13.2. The summed E-state index contributed by atoms with van der Waals surface area (Å²) in [5.41, 5.74) is 2.00. The van der Waals surface area contributed by atoms with Crippen LogP contribution in [0.3, 0.4) is 0 Å². The number of carbonyl (C=O) groups is 1. The summed E-state index contributed by atoms with van der Waals surface area (Å²) in [5, 5.41) is 11.2. The summed E-state index contributed by atoms with van der Waals surface area (Å²) in [4.78, 5) is 25.4. The number of nitro groups is 1. The number of methoxy groups -OCH3 is 2. The van der Waals surface area contributed by atoms with Gasteiger partial charge in [0.25, 0.3) is 11.6 Å². The number of halogens is 2. The third-order valence-corrected chi connectivity index (χ3v) is 7.58. The van der Waals surface area contributed by atoms with E-state index in [9.17, 15) is 14.9 Å². The molecule has 0 unspecified atom stereocenters. The van der Waals surface area contributed by atoms with Gasteiger partial charge in [0.2, 0.25) is 0 Å². The Bertz CT molecular complexity index is 1430. The Morgan fingerprint density at radius 1 is 1.08 bits per heavy atom. The first-order chi connectivity index (χ1) is 17.7. The van der Waals surface area contributed by atoms with Gasteiger partial charge in [-0.15, -0.1) is 0 Å². The third-order valence-electron chi connectivity index (χ3n) is 5.30. The molecule has 0 spiro atoms. The number of thioether (sulfide) groups is 1. The first kappa shape index (κ1) is 26.9. The van der Waals surface area contributed by atoms with Gasteiger partial charge in [-0.2, -0.15) is 0 Å². The fourth-order valence-electron chi connectivity index (χ4n) is 3.43. The smallest absolute Gasteiger partial charge is 0.270 e. The van der Waals surface area contributed by atoms with E-state index in [0.717, 1.165) is 5.56 Å². The van der Waals surface area contributed by atoms with Crippen molar-refractivity contribution in [2.45, 2.75) is 6.61 Å². The minimum Gasteiger partial charge on any atom is -0.495 e. The van der Waals surface area contributed by atoms with Crippen LogP contribution in [-0.2, 0) is 11.4 Å². The van der Waals surface area contributed by atoms with E-state index in [1.54, 1.807) is 48.5 Å². The van der Waals surface area contributed by atoms with Crippen molar-refractivity contribution < 1.29 is 23.9 Å². The molecule has 1 aliphatic rings. The van der Waals surface area contributed by atoms with E-state index < -0.39 is 4.92 Å². The highest BCUT2D eigenvalue weighted by Gasteiger charge is 2.34. The zero-order chi connectivity index (χ0) is 26.7. The molecule has 1 fully saturated rings. The number of nitro benzene ring substituents is 1. The van der Waals surface area contributed by atoms with Crippen LogP contribution in [0.4, 0.5) is 11.4 Å². The molecular weight excluding hydrogens is 604 g/mol. The topological polar surface area (TPSA) is 91.1 Å². The van der Waals surface area contributed by atoms with E-state index in [-0.39, 0.29) is 18.2 Å². The summed E-state index contributed by atoms with van der Waals surface area (Å²) in [7, 11) is 3.03. The van der Waals surface area contributed by atoms with Gasteiger partial charge in [0.05, 0.1) is 34.8 Å². The molecule has 0 aromatic heterocycles. The number of non-ortho nitro benzene ring substituents is 1. The number of nitrogens with zero attached hydrogens (tertiary/aromatic N) is 2. The highest BCUT2D eigenvalue weighted by molar-refractivity contribution is 9.10. The van der Waals surface area contributed by atoms with E-state index in [1.807, 2.05) is 0 Å². The Morgan fingerprint density at radius 3 is 2.41 bits per heavy atom. The lowest BCUT2D eigenvalue weighted by Gasteiger charge is -2.16. The Kier molecular flexibility index (Phi) is 8.38. The number of benzene rings is 3. The van der Waals surface area contributed by atoms with E-state index in [1.165, 1.54) is 43.0 Å². The molecule has 0 saturated carbocycles. The molecule has 4 rings (SSSR count). The van der Waals surface area contributed by atoms with Crippen LogP contribution in [0, 0.1) is 10.1 Å². The molecular formula is C25H18BrClN2O6S2. The van der Waals surface area contributed by atoms with Crippen molar-refractivity contribution in [2.24, 2.45) is 0 Å². The Balaban J connectivity index is 1.55. The monoisotopic (exact) mass is 620 g/mol. The van der Waals surface area contributed by atoms with Gasteiger partial charge in [-0.1, -0.05) is 51.5 Å². The summed E-state index contributed by atoms with van der Waals surface area (Å²) in [6.45, 7) is 0.184. The molecule has 190 valence electrons. The fourth-order valence-corrected chi connectivity index (χ4v) is 5.41. The lowest BCUT2D eigenvalue weighted by molar-refractivity contribution is -0.384. The van der Waals surface area contributed by atoms with Crippen molar-refractivity contribution in [2.75, 3.05) is 19.1 Å². The standard InChI is InChI=1S/C25H18BrClN2O6S2/c1-33-20-8-7-17(11-19(20)27)28-24(30)23(37-25(28)36)10-15-9-21(34-2)22(12-18(15)26)35-13-14-3-5-16(6-4-14)29(31)32/h3-12H,13H2,1-2H3/b23-10+. The second kappa shape index (κ2) is 11.5. The van der Waals surface area contributed by atoms with Crippen LogP contribution in [0.15, 0.2) is 64.0 Å². The van der Waals surface area contributed by atoms with E-state index in [0.29, 0.717) is 47.2 Å². The highest BCUT2D eigenvalue weighted by atomic mass is 79.9. The van der Waals surface area contributed by atoms with Crippen molar-refractivity contribution in [1.29, 1.82) is 0 Å². The van der Waals surface area contributed by atoms with Crippen molar-refractivity contribution in [3.63, 3.8) is 0 Å². The maximum Gasteiger partial charge on any atom is 0.270 e.